The van der Waals surface area contributed by atoms with E-state index in [0.717, 1.165) is 23.5 Å². The van der Waals surface area contributed by atoms with Crippen molar-refractivity contribution in [2.45, 2.75) is 173 Å². The molecule has 2 bridgehead atoms. The number of piperidine rings is 1. The van der Waals surface area contributed by atoms with Crippen molar-refractivity contribution in [1.29, 1.82) is 5.41 Å². The number of phenols is 2. The molecule has 3 aliphatic heterocycles. The summed E-state index contributed by atoms with van der Waals surface area (Å²) in [7, 11) is 0. The molecule has 4 aromatic carbocycles. The summed E-state index contributed by atoms with van der Waals surface area (Å²) in [5.74, 6) is -6.69. The van der Waals surface area contributed by atoms with Crippen molar-refractivity contribution in [3.8, 4) is 11.5 Å². The average Bonchev–Trinajstić information content (AvgIpc) is 0.669. The van der Waals surface area contributed by atoms with Gasteiger partial charge in [-0.3, -0.25) is 24.7 Å². The molecule has 2 saturated carbocycles. The lowest BCUT2D eigenvalue weighted by molar-refractivity contribution is -0.346. The summed E-state index contributed by atoms with van der Waals surface area (Å²) in [6, 6.07) is 23.3. The monoisotopic (exact) mass is 1420 g/mol. The van der Waals surface area contributed by atoms with Gasteiger partial charge in [-0.25, -0.2) is 34.0 Å². The lowest BCUT2D eigenvalue weighted by Gasteiger charge is -2.67. The molecule has 11 rings (SSSR count). The first-order chi connectivity index (χ1) is 48.6. The molecule has 3 saturated heterocycles. The number of rotatable bonds is 18. The summed E-state index contributed by atoms with van der Waals surface area (Å²) >= 11 is 0. The van der Waals surface area contributed by atoms with Crippen LogP contribution >= 0.6 is 0 Å². The number of ether oxygens (including phenoxy) is 6. The zero-order valence-corrected chi connectivity index (χ0v) is 59.5. The number of primary amides is 1. The third-order valence-electron chi connectivity index (χ3n) is 21.4. The number of amidine groups is 1. The Labute approximate surface area is 597 Å². The van der Waals surface area contributed by atoms with Gasteiger partial charge in [-0.15, -0.1) is 0 Å². The Kier molecular flexibility index (Phi) is 21.2. The number of hydrogen-bond acceptors (Lipinski definition) is 25. The number of carbonyl (C=O) groups excluding carboxylic acids is 7. The predicted octanol–water partition coefficient (Wildman–Crippen LogP) is 7.07. The number of aromatic hydroxyl groups is 2. The molecule has 6 aliphatic rings. The van der Waals surface area contributed by atoms with E-state index in [4.69, 9.17) is 44.5 Å². The number of fused-ring (bicyclic) bond motifs is 5. The molecule has 550 valence electrons. The molecular formula is C75H92N10O18. The number of Topliss-reactive ketones (excluding diaryl/α,β-unsaturated/α-hetero) is 1. The van der Waals surface area contributed by atoms with Crippen LogP contribution in [0.2, 0.25) is 0 Å². The highest BCUT2D eigenvalue weighted by Gasteiger charge is 2.78. The molecular weight excluding hydrogens is 1330 g/mol. The number of alkyl carbamates (subject to hydrolysis) is 1. The standard InChI is InChI=1S/C75H92N10O18/c1-41(2)49-34-50(52(88)35-51(49)87)64(76)85(67(77)95)48-23-21-45(22-24-48)38-82-29-31-84(32-30-82)69-79-40-78-68(81-69)83-27-25-44(26-28-83)33-56(90)100-60(58(46-17-13-11-14-18-46)80-70(96)103-71(5,6)7)66(94)99-53-37-75(97)63(101-65(93)47-19-15-12-16-20-47)61-73(10,62(92)59(91)57(42(53)3)72(75,8)9)54(89)36-55-74(61,39-98-55)102-43(4)86/h11-24,34-35,40-41,44,53-55,58-61,63,76,87-89,91,97H,25-33,36-39H2,1-10H3,(H2,77,95)(H,80,96)/t53-,54-,55+,58-,59+,60+,61-,63-,73+,74-,75+/m0/s1. The Balaban J connectivity index is 0.796. The van der Waals surface area contributed by atoms with Gasteiger partial charge in [0.2, 0.25) is 18.0 Å². The molecule has 5 aromatic rings. The van der Waals surface area contributed by atoms with Crippen molar-refractivity contribution in [3.63, 3.8) is 0 Å². The summed E-state index contributed by atoms with van der Waals surface area (Å²) < 4.78 is 37.0. The van der Waals surface area contributed by atoms with Gasteiger partial charge in [-0.05, 0) is 117 Å². The van der Waals surface area contributed by atoms with Gasteiger partial charge in [0.25, 0.3) is 0 Å². The molecule has 9 N–H and O–H groups in total. The second-order valence-electron chi connectivity index (χ2n) is 29.8. The summed E-state index contributed by atoms with van der Waals surface area (Å²) in [5.41, 5.74) is -1.25. The van der Waals surface area contributed by atoms with Gasteiger partial charge in [0, 0.05) is 83.5 Å². The normalized spacial score (nSPS) is 26.2. The van der Waals surface area contributed by atoms with Crippen LogP contribution < -0.4 is 25.8 Å². The van der Waals surface area contributed by atoms with Gasteiger partial charge in [0.15, 0.2) is 11.4 Å². The number of urea groups is 1. The van der Waals surface area contributed by atoms with E-state index in [2.05, 4.69) is 25.1 Å². The minimum atomic E-state index is -2.47. The van der Waals surface area contributed by atoms with Crippen LogP contribution in [0.15, 0.2) is 115 Å². The average molecular weight is 1420 g/mol. The number of aliphatic hydroxyl groups excluding tert-OH is 2. The lowest BCUT2D eigenvalue weighted by Crippen LogP contribution is -2.81. The van der Waals surface area contributed by atoms with Gasteiger partial charge >= 0.3 is 36.0 Å². The van der Waals surface area contributed by atoms with Crippen LogP contribution in [0.4, 0.5) is 27.2 Å². The van der Waals surface area contributed by atoms with Crippen LogP contribution in [-0.4, -0.2) is 192 Å². The smallest absolute Gasteiger partial charge is 0.408 e. The molecule has 28 nitrogen and oxygen atoms in total. The SMILES string of the molecule is CC(=O)O[C@@]12CO[C@@H]1C[C@H](O)[C@@]1(C)C(=O)[C@H](O)C3=C(C)[C@@H](OC(=O)[C@H](OC(=O)CC4CCN(c5ncnc(N6CCN(Cc7ccc(N(C(=N)c8cc(C(C)C)c(O)cc8O)C(N)=O)cc7)CC6)n5)CC4)[C@@H](NC(=O)OC(C)(C)C)c4ccccc4)C[C@@](O)([C@@H](OC(=O)c4ccccc4)[C@H]21)C3(C)C. The van der Waals surface area contributed by atoms with E-state index in [-0.39, 0.29) is 70.9 Å². The lowest BCUT2D eigenvalue weighted by atomic mass is 9.44. The van der Waals surface area contributed by atoms with Crippen LogP contribution in [0.3, 0.4) is 0 Å². The van der Waals surface area contributed by atoms with E-state index >= 15 is 9.59 Å². The highest BCUT2D eigenvalue weighted by atomic mass is 16.6. The zero-order chi connectivity index (χ0) is 74.4. The molecule has 0 radical (unpaired) electrons. The van der Waals surface area contributed by atoms with Crippen molar-refractivity contribution in [2.75, 3.05) is 60.6 Å². The number of phenolic OH excluding ortho intramolecular Hbond substituents is 2. The van der Waals surface area contributed by atoms with Crippen LogP contribution in [0.25, 0.3) is 0 Å². The third-order valence-corrected chi connectivity index (χ3v) is 21.4. The fourth-order valence-electron chi connectivity index (χ4n) is 15.9. The second-order valence-corrected chi connectivity index (χ2v) is 29.8. The number of aliphatic hydroxyl groups is 3. The van der Waals surface area contributed by atoms with E-state index < -0.39 is 124 Å². The number of anilines is 3. The second kappa shape index (κ2) is 29.3. The largest absolute Gasteiger partial charge is 0.508 e. The molecule has 4 heterocycles. The number of ketones is 1. The maximum Gasteiger partial charge on any atom is 0.408 e. The highest BCUT2D eigenvalue weighted by molar-refractivity contribution is 6.22. The van der Waals surface area contributed by atoms with Crippen molar-refractivity contribution in [2.24, 2.45) is 28.4 Å². The fraction of sp³-hybridized carbons (Fsp3) is 0.507. The first kappa shape index (κ1) is 74.6. The maximum atomic E-state index is 15.6. The summed E-state index contributed by atoms with van der Waals surface area (Å²) in [6.45, 7) is 19.4. The van der Waals surface area contributed by atoms with Crippen molar-refractivity contribution in [1.82, 2.24) is 25.2 Å². The number of aromatic nitrogens is 3. The van der Waals surface area contributed by atoms with Gasteiger partial charge in [-0.2, -0.15) is 4.98 Å². The van der Waals surface area contributed by atoms with Gasteiger partial charge < -0.3 is 74.8 Å². The van der Waals surface area contributed by atoms with Crippen LogP contribution in [-0.2, 0) is 54.1 Å². The quantitative estimate of drug-likeness (QED) is 0.0143. The van der Waals surface area contributed by atoms with Gasteiger partial charge in [0.05, 0.1) is 40.9 Å². The number of amides is 3. The number of nitrogens with zero attached hydrogens (tertiary/aromatic N) is 7. The molecule has 28 heteroatoms. The minimum absolute atomic E-state index is 0.0380. The van der Waals surface area contributed by atoms with Crippen molar-refractivity contribution >= 4 is 65.2 Å². The molecule has 0 spiro atoms. The molecule has 11 atom stereocenters. The first-order valence-electron chi connectivity index (χ1n) is 34.8. The van der Waals surface area contributed by atoms with Crippen molar-refractivity contribution < 1.29 is 87.5 Å². The zero-order valence-electron chi connectivity index (χ0n) is 59.5. The molecule has 3 amide bonds. The Morgan fingerprint density at radius 2 is 1.47 bits per heavy atom. The predicted molar refractivity (Wildman–Crippen MR) is 374 cm³/mol. The van der Waals surface area contributed by atoms with E-state index in [0.29, 0.717) is 87.4 Å². The van der Waals surface area contributed by atoms with Crippen molar-refractivity contribution in [3.05, 3.63) is 142 Å². The van der Waals surface area contributed by atoms with E-state index in [1.807, 2.05) is 30.9 Å². The highest BCUT2D eigenvalue weighted by Crippen LogP contribution is 2.64. The molecule has 103 heavy (non-hydrogen) atoms. The van der Waals surface area contributed by atoms with E-state index in [1.54, 1.807) is 95.3 Å². The summed E-state index contributed by atoms with van der Waals surface area (Å²) in [4.78, 5) is 121. The van der Waals surface area contributed by atoms with E-state index in [1.165, 1.54) is 38.4 Å². The first-order valence-corrected chi connectivity index (χ1v) is 34.8. The number of benzene rings is 4. The number of carbonyl (C=O) groups is 7. The topological polar surface area (TPSA) is 390 Å². The summed E-state index contributed by atoms with van der Waals surface area (Å²) in [6.07, 6.45) is -9.84. The molecule has 3 aliphatic carbocycles. The maximum absolute atomic E-state index is 15.6. The molecule has 5 fully saturated rings. The fourth-order valence-corrected chi connectivity index (χ4v) is 15.9. The molecule has 0 unspecified atom stereocenters. The van der Waals surface area contributed by atoms with Crippen LogP contribution in [0.5, 0.6) is 11.5 Å². The molecule has 1 aromatic heterocycles. The number of nitrogens with two attached hydrogens (primary N) is 1. The number of nitrogens with one attached hydrogen (secondary N) is 2. The Morgan fingerprint density at radius 3 is 2.05 bits per heavy atom. The minimum Gasteiger partial charge on any atom is -0.508 e. The van der Waals surface area contributed by atoms with Crippen LogP contribution in [0, 0.1) is 28.1 Å². The number of esters is 4. The number of hydrogen-bond donors (Lipinski definition) is 8. The van der Waals surface area contributed by atoms with Gasteiger partial charge in [0.1, 0.15) is 65.3 Å². The third kappa shape index (κ3) is 14.7. The van der Waals surface area contributed by atoms with E-state index in [9.17, 15) is 49.5 Å². The Hall–Kier alpha value is -9.61. The summed E-state index contributed by atoms with van der Waals surface area (Å²) in [5, 5.41) is 71.5. The van der Waals surface area contributed by atoms with Crippen LogP contribution in [0.1, 0.15) is 146 Å². The Bertz CT molecular complexity index is 4080. The van der Waals surface area contributed by atoms with Gasteiger partial charge in [-0.1, -0.05) is 88.4 Å². The Morgan fingerprint density at radius 1 is 0.845 bits per heavy atom. The number of piperazine rings is 1.